The zero-order chi connectivity index (χ0) is 11.9. The number of rotatable bonds is 0. The molecular weight excluding hydrogens is 344 g/mol. The lowest BCUT2D eigenvalue weighted by molar-refractivity contribution is 0.285. The average molecular weight is 353 g/mol. The minimum absolute atomic E-state index is 0.0754. The molecule has 0 unspecified atom stereocenters. The van der Waals surface area contributed by atoms with Crippen LogP contribution in [0.15, 0.2) is 0 Å². The summed E-state index contributed by atoms with van der Waals surface area (Å²) in [7, 11) is 0. The SMILES string of the molecule is Cl[C@@H]1C[C@H](C(Cl)(Cl)Cl)CC[C@@H]1C(Cl)(Cl)Cl. The van der Waals surface area contributed by atoms with E-state index in [0.29, 0.717) is 19.3 Å². The van der Waals surface area contributed by atoms with Crippen LogP contribution in [0.4, 0.5) is 0 Å². The van der Waals surface area contributed by atoms with Gasteiger partial charge in [0.15, 0.2) is 7.59 Å². The molecule has 0 aromatic carbocycles. The van der Waals surface area contributed by atoms with E-state index in [1.807, 2.05) is 0 Å². The van der Waals surface area contributed by atoms with Crippen LogP contribution in [0, 0.1) is 11.8 Å². The first-order valence-corrected chi connectivity index (χ1v) is 7.10. The van der Waals surface area contributed by atoms with Crippen molar-refractivity contribution in [2.24, 2.45) is 11.8 Å². The molecule has 0 N–H and O–H groups in total. The molecule has 0 aromatic heterocycles. The van der Waals surface area contributed by atoms with Crippen molar-refractivity contribution < 1.29 is 0 Å². The Morgan fingerprint density at radius 3 is 1.67 bits per heavy atom. The monoisotopic (exact) mass is 350 g/mol. The molecule has 0 bridgehead atoms. The highest BCUT2D eigenvalue weighted by Gasteiger charge is 2.45. The number of hydrogen-bond acceptors (Lipinski definition) is 0. The summed E-state index contributed by atoms with van der Waals surface area (Å²) in [6, 6.07) is 0. The van der Waals surface area contributed by atoms with Gasteiger partial charge in [-0.05, 0) is 19.3 Å². The molecule has 0 aliphatic heterocycles. The summed E-state index contributed by atoms with van der Waals surface area (Å²) in [4.78, 5) is 0. The first-order chi connectivity index (χ1) is 6.62. The average Bonchev–Trinajstić information content (AvgIpc) is 1.99. The van der Waals surface area contributed by atoms with Gasteiger partial charge in [0.25, 0.3) is 0 Å². The fourth-order valence-corrected chi connectivity index (χ4v) is 3.88. The van der Waals surface area contributed by atoms with Crippen molar-refractivity contribution in [3.8, 4) is 0 Å². The van der Waals surface area contributed by atoms with E-state index in [1.165, 1.54) is 0 Å². The third-order valence-electron chi connectivity index (χ3n) is 2.66. The molecule has 0 heterocycles. The first kappa shape index (κ1) is 15.1. The van der Waals surface area contributed by atoms with Crippen molar-refractivity contribution in [3.63, 3.8) is 0 Å². The highest BCUT2D eigenvalue weighted by Crippen LogP contribution is 2.51. The third kappa shape index (κ3) is 4.32. The van der Waals surface area contributed by atoms with Crippen molar-refractivity contribution in [2.45, 2.75) is 32.2 Å². The van der Waals surface area contributed by atoms with Gasteiger partial charge >= 0.3 is 0 Å². The molecule has 0 saturated heterocycles. The second-order valence-electron chi connectivity index (χ2n) is 3.72. The smallest absolute Gasteiger partial charge is 0.123 e. The van der Waals surface area contributed by atoms with Crippen LogP contribution in [0.1, 0.15) is 19.3 Å². The molecule has 1 fully saturated rings. The van der Waals surface area contributed by atoms with Gasteiger partial charge in [-0.3, -0.25) is 0 Å². The van der Waals surface area contributed by atoms with E-state index in [-0.39, 0.29) is 17.2 Å². The maximum absolute atomic E-state index is 6.14. The molecule has 0 amide bonds. The Kier molecular flexibility index (Phi) is 5.38. The van der Waals surface area contributed by atoms with E-state index < -0.39 is 7.59 Å². The number of halogens is 7. The van der Waals surface area contributed by atoms with E-state index in [0.717, 1.165) is 0 Å². The second-order valence-corrected chi connectivity index (χ2v) is 9.01. The Hall–Kier alpha value is 2.03. The Morgan fingerprint density at radius 2 is 1.33 bits per heavy atom. The van der Waals surface area contributed by atoms with Crippen LogP contribution in [0.3, 0.4) is 0 Å². The van der Waals surface area contributed by atoms with Gasteiger partial charge in [0.2, 0.25) is 0 Å². The summed E-state index contributed by atoms with van der Waals surface area (Å²) in [5, 5.41) is -0.271. The molecule has 1 rings (SSSR count). The van der Waals surface area contributed by atoms with E-state index in [2.05, 4.69) is 0 Å². The molecule has 1 aliphatic rings. The lowest BCUT2D eigenvalue weighted by atomic mass is 9.83. The zero-order valence-corrected chi connectivity index (χ0v) is 12.8. The number of hydrogen-bond donors (Lipinski definition) is 0. The molecular formula is C8H9Cl7. The quantitative estimate of drug-likeness (QED) is 0.487. The number of alkyl halides is 7. The van der Waals surface area contributed by atoms with Crippen LogP contribution in [-0.4, -0.2) is 13.0 Å². The third-order valence-corrected chi connectivity index (χ3v) is 4.90. The summed E-state index contributed by atoms with van der Waals surface area (Å²) in [6.07, 6.45) is 1.91. The van der Waals surface area contributed by atoms with E-state index >= 15 is 0 Å². The topological polar surface area (TPSA) is 0 Å². The zero-order valence-electron chi connectivity index (χ0n) is 7.50. The van der Waals surface area contributed by atoms with Gasteiger partial charge in [0, 0.05) is 17.2 Å². The van der Waals surface area contributed by atoms with Gasteiger partial charge in [0.05, 0.1) is 0 Å². The summed E-state index contributed by atoms with van der Waals surface area (Å²) < 4.78 is -2.63. The normalized spacial score (nSPS) is 34.2. The molecule has 90 valence electrons. The second kappa shape index (κ2) is 5.34. The molecule has 0 spiro atoms. The summed E-state index contributed by atoms with van der Waals surface area (Å²) >= 11 is 41.0. The lowest BCUT2D eigenvalue weighted by Crippen LogP contribution is -2.38. The molecule has 0 radical (unpaired) electrons. The Morgan fingerprint density at radius 1 is 0.800 bits per heavy atom. The highest BCUT2D eigenvalue weighted by atomic mass is 35.6. The van der Waals surface area contributed by atoms with Crippen LogP contribution in [-0.2, 0) is 0 Å². The van der Waals surface area contributed by atoms with Crippen molar-refractivity contribution in [1.82, 2.24) is 0 Å². The summed E-state index contributed by atoms with van der Waals surface area (Å²) in [5.74, 6) is -0.263. The van der Waals surface area contributed by atoms with E-state index in [9.17, 15) is 0 Å². The fraction of sp³-hybridized carbons (Fsp3) is 1.00. The van der Waals surface area contributed by atoms with Crippen LogP contribution >= 0.6 is 81.2 Å². The van der Waals surface area contributed by atoms with Gasteiger partial charge in [0.1, 0.15) is 0 Å². The molecule has 0 aromatic rings. The largest absolute Gasteiger partial charge is 0.194 e. The summed E-state index contributed by atoms with van der Waals surface area (Å²) in [6.45, 7) is 0. The Labute approximate surface area is 124 Å². The van der Waals surface area contributed by atoms with Crippen molar-refractivity contribution in [3.05, 3.63) is 0 Å². The maximum Gasteiger partial charge on any atom is 0.194 e. The van der Waals surface area contributed by atoms with Gasteiger partial charge < -0.3 is 0 Å². The predicted molar refractivity (Wildman–Crippen MR) is 71.1 cm³/mol. The van der Waals surface area contributed by atoms with Gasteiger partial charge in [-0.2, -0.15) is 0 Å². The molecule has 0 nitrogen and oxygen atoms in total. The van der Waals surface area contributed by atoms with E-state index in [4.69, 9.17) is 81.2 Å². The Balaban J connectivity index is 2.64. The molecule has 1 saturated carbocycles. The van der Waals surface area contributed by atoms with E-state index in [1.54, 1.807) is 0 Å². The minimum Gasteiger partial charge on any atom is -0.123 e. The molecule has 3 atom stereocenters. The van der Waals surface area contributed by atoms with Gasteiger partial charge in [-0.1, -0.05) is 69.6 Å². The Bertz CT molecular complexity index is 216. The molecule has 1 aliphatic carbocycles. The minimum atomic E-state index is -1.34. The maximum atomic E-state index is 6.14. The first-order valence-electron chi connectivity index (χ1n) is 4.40. The highest BCUT2D eigenvalue weighted by molar-refractivity contribution is 6.68. The van der Waals surface area contributed by atoms with Crippen LogP contribution in [0.2, 0.25) is 0 Å². The fourth-order valence-electron chi connectivity index (χ4n) is 1.78. The van der Waals surface area contributed by atoms with Crippen molar-refractivity contribution >= 4 is 81.2 Å². The molecule has 7 heteroatoms. The predicted octanol–water partition coefficient (Wildman–Crippen LogP) is 5.75. The molecule has 15 heavy (non-hydrogen) atoms. The van der Waals surface area contributed by atoms with Gasteiger partial charge in [-0.15, -0.1) is 11.6 Å². The van der Waals surface area contributed by atoms with Crippen molar-refractivity contribution in [1.29, 1.82) is 0 Å². The van der Waals surface area contributed by atoms with Gasteiger partial charge in [-0.25, -0.2) is 0 Å². The summed E-state index contributed by atoms with van der Waals surface area (Å²) in [5.41, 5.74) is 0. The van der Waals surface area contributed by atoms with Crippen LogP contribution in [0.5, 0.6) is 0 Å². The van der Waals surface area contributed by atoms with Crippen LogP contribution < -0.4 is 0 Å². The van der Waals surface area contributed by atoms with Crippen LogP contribution in [0.25, 0.3) is 0 Å². The van der Waals surface area contributed by atoms with Crippen molar-refractivity contribution in [2.75, 3.05) is 0 Å². The lowest BCUT2D eigenvalue weighted by Gasteiger charge is -2.38. The standard InChI is InChI=1S/C8H9Cl7/c9-6-3-4(7(10,11)12)1-2-5(6)8(13,14)15/h4-6H,1-3H2/t4-,5+,6-/m1/s1.